The number of aromatic amines is 1. The highest BCUT2D eigenvalue weighted by molar-refractivity contribution is 7.88. The fourth-order valence-electron chi connectivity index (χ4n) is 4.48. The Morgan fingerprint density at radius 3 is 2.79 bits per heavy atom. The number of hydrogen-bond acceptors (Lipinski definition) is 8. The molecule has 2 atom stereocenters. The molecule has 0 unspecified atom stereocenters. The van der Waals surface area contributed by atoms with Crippen molar-refractivity contribution < 1.29 is 17.9 Å². The van der Waals surface area contributed by atoms with Gasteiger partial charge in [-0.25, -0.2) is 17.2 Å². The van der Waals surface area contributed by atoms with E-state index in [1.165, 1.54) is 10.6 Å². The molecule has 0 aliphatic carbocycles. The van der Waals surface area contributed by atoms with Gasteiger partial charge in [-0.2, -0.15) is 10.1 Å². The van der Waals surface area contributed by atoms with Gasteiger partial charge in [0.05, 0.1) is 25.7 Å². The Hall–Kier alpha value is -2.70. The van der Waals surface area contributed by atoms with Gasteiger partial charge in [-0.15, -0.1) is 5.10 Å². The van der Waals surface area contributed by atoms with Gasteiger partial charge in [-0.3, -0.25) is 5.10 Å². The standard InChI is InChI=1S/C21H29N7O4S/c1-14-13-27(33(2,29)30)7-4-18(14)24-21-25-20-19(32-16-5-9-31-10-6-16)17(3-8-28(20)26-21)15-11-22-23-12-15/h3,8,11-12,14,16,18H,4-7,9-10,13H2,1-2H3,(H,22,23)(H,24,26)/t14-,18+/m1/s1. The molecule has 0 amide bonds. The maximum Gasteiger partial charge on any atom is 0.243 e. The van der Waals surface area contributed by atoms with Crippen molar-refractivity contribution in [3.05, 3.63) is 24.7 Å². The Balaban J connectivity index is 1.43. The summed E-state index contributed by atoms with van der Waals surface area (Å²) in [6.45, 7) is 4.36. The number of rotatable bonds is 6. The molecule has 3 aromatic heterocycles. The van der Waals surface area contributed by atoms with Crippen LogP contribution in [0.25, 0.3) is 16.8 Å². The Bertz CT molecular complexity index is 1200. The minimum atomic E-state index is -3.18. The van der Waals surface area contributed by atoms with Crippen molar-refractivity contribution in [2.24, 2.45) is 5.92 Å². The van der Waals surface area contributed by atoms with Gasteiger partial charge in [0, 0.05) is 55.5 Å². The molecular weight excluding hydrogens is 446 g/mol. The average molecular weight is 476 g/mol. The van der Waals surface area contributed by atoms with E-state index in [2.05, 4.69) is 20.6 Å². The number of aromatic nitrogens is 5. The second kappa shape index (κ2) is 8.92. The summed E-state index contributed by atoms with van der Waals surface area (Å²) in [5.74, 6) is 1.30. The zero-order valence-electron chi connectivity index (χ0n) is 18.8. The number of pyridine rings is 1. The van der Waals surface area contributed by atoms with E-state index in [0.717, 1.165) is 24.0 Å². The first-order valence-electron chi connectivity index (χ1n) is 11.2. The normalized spacial score (nSPS) is 23.1. The van der Waals surface area contributed by atoms with Gasteiger partial charge in [-0.05, 0) is 18.4 Å². The Kier molecular flexibility index (Phi) is 5.97. The van der Waals surface area contributed by atoms with Crippen LogP contribution in [0.1, 0.15) is 26.2 Å². The maximum absolute atomic E-state index is 11.9. The predicted molar refractivity (Wildman–Crippen MR) is 123 cm³/mol. The minimum absolute atomic E-state index is 0.0454. The lowest BCUT2D eigenvalue weighted by Crippen LogP contribution is -2.47. The summed E-state index contributed by atoms with van der Waals surface area (Å²) in [5.41, 5.74) is 2.44. The van der Waals surface area contributed by atoms with E-state index in [4.69, 9.17) is 14.5 Å². The van der Waals surface area contributed by atoms with E-state index in [1.807, 2.05) is 25.4 Å². The molecule has 2 fully saturated rings. The van der Waals surface area contributed by atoms with Crippen LogP contribution in [-0.2, 0) is 14.8 Å². The highest BCUT2D eigenvalue weighted by Gasteiger charge is 2.31. The van der Waals surface area contributed by atoms with Crippen LogP contribution < -0.4 is 10.1 Å². The van der Waals surface area contributed by atoms with E-state index < -0.39 is 10.0 Å². The summed E-state index contributed by atoms with van der Waals surface area (Å²) in [4.78, 5) is 4.77. The van der Waals surface area contributed by atoms with Gasteiger partial charge in [0.25, 0.3) is 0 Å². The van der Waals surface area contributed by atoms with Crippen LogP contribution in [0.5, 0.6) is 5.75 Å². The SMILES string of the molecule is C[C@@H]1CN(S(C)(=O)=O)CC[C@@H]1Nc1nc2c(OC3CCOCC3)c(-c3cn[nH]c3)ccn2n1. The van der Waals surface area contributed by atoms with Crippen LogP contribution in [0.3, 0.4) is 0 Å². The van der Waals surface area contributed by atoms with Crippen LogP contribution in [-0.4, -0.2) is 82.2 Å². The van der Waals surface area contributed by atoms with Gasteiger partial charge >= 0.3 is 0 Å². The number of nitrogens with one attached hydrogen (secondary N) is 2. The molecule has 0 aromatic carbocycles. The maximum atomic E-state index is 11.9. The van der Waals surface area contributed by atoms with Gasteiger partial charge in [0.2, 0.25) is 16.0 Å². The fourth-order valence-corrected chi connectivity index (χ4v) is 5.42. The molecule has 5 heterocycles. The lowest BCUT2D eigenvalue weighted by molar-refractivity contribution is 0.0262. The Morgan fingerprint density at radius 1 is 1.27 bits per heavy atom. The highest BCUT2D eigenvalue weighted by Crippen LogP contribution is 2.35. The predicted octanol–water partition coefficient (Wildman–Crippen LogP) is 1.76. The number of sulfonamides is 1. The molecule has 0 radical (unpaired) electrons. The summed E-state index contributed by atoms with van der Waals surface area (Å²) in [7, 11) is -3.18. The Morgan fingerprint density at radius 2 is 2.09 bits per heavy atom. The summed E-state index contributed by atoms with van der Waals surface area (Å²) in [6.07, 6.45) is 9.09. The number of ether oxygens (including phenoxy) is 2. The zero-order valence-corrected chi connectivity index (χ0v) is 19.6. The number of fused-ring (bicyclic) bond motifs is 1. The topological polar surface area (TPSA) is 127 Å². The second-order valence-corrected chi connectivity index (χ2v) is 10.8. The number of nitrogens with zero attached hydrogens (tertiary/aromatic N) is 5. The molecule has 2 N–H and O–H groups in total. The first kappa shape index (κ1) is 22.1. The second-order valence-electron chi connectivity index (χ2n) is 8.82. The molecule has 2 saturated heterocycles. The van der Waals surface area contributed by atoms with Crippen LogP contribution in [0.15, 0.2) is 24.7 Å². The first-order chi connectivity index (χ1) is 15.9. The number of H-pyrrole nitrogens is 1. The van der Waals surface area contributed by atoms with E-state index in [-0.39, 0.29) is 18.1 Å². The van der Waals surface area contributed by atoms with Crippen molar-refractivity contribution in [2.45, 2.75) is 38.3 Å². The van der Waals surface area contributed by atoms with E-state index in [9.17, 15) is 8.42 Å². The molecular formula is C21H29N7O4S. The van der Waals surface area contributed by atoms with Crippen molar-refractivity contribution in [1.29, 1.82) is 0 Å². The molecule has 5 rings (SSSR count). The minimum Gasteiger partial charge on any atom is -0.486 e. The van der Waals surface area contributed by atoms with Gasteiger partial charge in [0.15, 0.2) is 11.4 Å². The molecule has 2 aliphatic heterocycles. The number of hydrogen-bond donors (Lipinski definition) is 2. The van der Waals surface area contributed by atoms with Crippen molar-refractivity contribution >= 4 is 21.6 Å². The third-order valence-electron chi connectivity index (χ3n) is 6.37. The van der Waals surface area contributed by atoms with Crippen LogP contribution in [0, 0.1) is 5.92 Å². The van der Waals surface area contributed by atoms with Gasteiger partial charge < -0.3 is 14.8 Å². The molecule has 0 bridgehead atoms. The molecule has 0 spiro atoms. The monoisotopic (exact) mass is 475 g/mol. The van der Waals surface area contributed by atoms with Crippen LogP contribution in [0.4, 0.5) is 5.95 Å². The molecule has 2 aliphatic rings. The summed E-state index contributed by atoms with van der Waals surface area (Å²) in [5, 5.41) is 15.0. The third-order valence-corrected chi connectivity index (χ3v) is 7.64. The van der Waals surface area contributed by atoms with E-state index in [0.29, 0.717) is 50.1 Å². The third kappa shape index (κ3) is 4.68. The molecule has 12 heteroatoms. The molecule has 11 nitrogen and oxygen atoms in total. The van der Waals surface area contributed by atoms with Crippen LogP contribution in [0.2, 0.25) is 0 Å². The summed E-state index contributed by atoms with van der Waals surface area (Å²) in [6, 6.07) is 2.03. The highest BCUT2D eigenvalue weighted by atomic mass is 32.2. The van der Waals surface area contributed by atoms with Gasteiger partial charge in [-0.1, -0.05) is 6.92 Å². The van der Waals surface area contributed by atoms with Crippen molar-refractivity contribution in [3.8, 4) is 16.9 Å². The number of piperidine rings is 1. The van der Waals surface area contributed by atoms with Crippen molar-refractivity contribution in [1.82, 2.24) is 29.1 Å². The van der Waals surface area contributed by atoms with Gasteiger partial charge in [0.1, 0.15) is 6.10 Å². The average Bonchev–Trinajstić information content (AvgIpc) is 3.45. The molecule has 178 valence electrons. The fraction of sp³-hybridized carbons (Fsp3) is 0.571. The number of anilines is 1. The largest absolute Gasteiger partial charge is 0.486 e. The molecule has 33 heavy (non-hydrogen) atoms. The molecule has 0 saturated carbocycles. The first-order valence-corrected chi connectivity index (χ1v) is 13.1. The quantitative estimate of drug-likeness (QED) is 0.552. The summed E-state index contributed by atoms with van der Waals surface area (Å²) < 4.78 is 39.0. The summed E-state index contributed by atoms with van der Waals surface area (Å²) >= 11 is 0. The molecule has 3 aromatic rings. The van der Waals surface area contributed by atoms with Crippen molar-refractivity contribution in [3.63, 3.8) is 0 Å². The lowest BCUT2D eigenvalue weighted by atomic mass is 9.95. The smallest absolute Gasteiger partial charge is 0.243 e. The zero-order chi connectivity index (χ0) is 23.0. The Labute approximate surface area is 192 Å². The lowest BCUT2D eigenvalue weighted by Gasteiger charge is -2.35. The van der Waals surface area contributed by atoms with Crippen molar-refractivity contribution in [2.75, 3.05) is 37.9 Å². The van der Waals surface area contributed by atoms with Crippen LogP contribution >= 0.6 is 0 Å². The van der Waals surface area contributed by atoms with E-state index >= 15 is 0 Å². The van der Waals surface area contributed by atoms with E-state index in [1.54, 1.807) is 10.7 Å².